The van der Waals surface area contributed by atoms with Gasteiger partial charge in [-0.15, -0.1) is 0 Å². The van der Waals surface area contributed by atoms with E-state index in [0.717, 1.165) is 31.7 Å². The van der Waals surface area contributed by atoms with Gasteiger partial charge < -0.3 is 15.7 Å². The van der Waals surface area contributed by atoms with Gasteiger partial charge in [0.1, 0.15) is 0 Å². The summed E-state index contributed by atoms with van der Waals surface area (Å²) < 4.78 is 0. The summed E-state index contributed by atoms with van der Waals surface area (Å²) >= 11 is 0. The van der Waals surface area contributed by atoms with Crippen LogP contribution in [0, 0.1) is 5.92 Å². The molecule has 1 aliphatic rings. The number of rotatable bonds is 8. The fraction of sp³-hybridized carbons (Fsp3) is 1.00. The molecule has 0 amide bonds. The average Bonchev–Trinajstić information content (AvgIpc) is 3.01. The number of aliphatic hydroxyl groups is 1. The van der Waals surface area contributed by atoms with Crippen LogP contribution in [0.15, 0.2) is 0 Å². The van der Waals surface area contributed by atoms with E-state index in [9.17, 15) is 5.11 Å². The molecule has 90 valence electrons. The van der Waals surface area contributed by atoms with E-state index in [4.69, 9.17) is 5.73 Å². The van der Waals surface area contributed by atoms with Crippen LogP contribution < -0.4 is 5.73 Å². The van der Waals surface area contributed by atoms with Crippen molar-refractivity contribution in [2.75, 3.05) is 26.7 Å². The van der Waals surface area contributed by atoms with Crippen molar-refractivity contribution in [3.63, 3.8) is 0 Å². The minimum Gasteiger partial charge on any atom is -0.389 e. The predicted molar refractivity (Wildman–Crippen MR) is 63.8 cm³/mol. The van der Waals surface area contributed by atoms with E-state index < -0.39 is 5.60 Å². The molecule has 1 atom stereocenters. The molecule has 0 saturated heterocycles. The first-order valence-electron chi connectivity index (χ1n) is 6.20. The van der Waals surface area contributed by atoms with E-state index in [1.807, 2.05) is 6.92 Å². The molecular formula is C12H26N2O. The average molecular weight is 214 g/mol. The molecule has 0 bridgehead atoms. The molecule has 3 N–H and O–H groups in total. The Morgan fingerprint density at radius 2 is 2.13 bits per heavy atom. The summed E-state index contributed by atoms with van der Waals surface area (Å²) in [7, 11) is 2.17. The van der Waals surface area contributed by atoms with Gasteiger partial charge in [0.15, 0.2) is 0 Å². The van der Waals surface area contributed by atoms with E-state index >= 15 is 0 Å². The molecule has 1 rings (SSSR count). The molecule has 0 spiro atoms. The fourth-order valence-electron chi connectivity index (χ4n) is 1.93. The van der Waals surface area contributed by atoms with Crippen LogP contribution in [0.4, 0.5) is 0 Å². The maximum Gasteiger partial charge on any atom is 0.0767 e. The third-order valence-electron chi connectivity index (χ3n) is 3.49. The van der Waals surface area contributed by atoms with Gasteiger partial charge in [0, 0.05) is 13.1 Å². The van der Waals surface area contributed by atoms with Crippen LogP contribution >= 0.6 is 0 Å². The highest BCUT2D eigenvalue weighted by atomic mass is 16.3. The molecule has 3 heteroatoms. The SMILES string of the molecule is CCC(O)(CN)CCCN(C)CC1CC1. The quantitative estimate of drug-likeness (QED) is 0.638. The van der Waals surface area contributed by atoms with Crippen molar-refractivity contribution in [3.8, 4) is 0 Å². The Labute approximate surface area is 93.6 Å². The largest absolute Gasteiger partial charge is 0.389 e. The molecule has 1 fully saturated rings. The standard InChI is InChI=1S/C12H26N2O/c1-3-12(15,10-13)7-4-8-14(2)9-11-5-6-11/h11,15H,3-10,13H2,1-2H3. The molecule has 0 aromatic rings. The Morgan fingerprint density at radius 1 is 1.47 bits per heavy atom. The van der Waals surface area contributed by atoms with E-state index in [1.54, 1.807) is 0 Å². The summed E-state index contributed by atoms with van der Waals surface area (Å²) in [5.41, 5.74) is 4.94. The molecule has 3 nitrogen and oxygen atoms in total. The second-order valence-electron chi connectivity index (χ2n) is 5.09. The maximum absolute atomic E-state index is 9.99. The lowest BCUT2D eigenvalue weighted by Crippen LogP contribution is -2.37. The van der Waals surface area contributed by atoms with Crippen molar-refractivity contribution >= 4 is 0 Å². The zero-order valence-electron chi connectivity index (χ0n) is 10.2. The molecular weight excluding hydrogens is 188 g/mol. The van der Waals surface area contributed by atoms with Crippen molar-refractivity contribution in [3.05, 3.63) is 0 Å². The lowest BCUT2D eigenvalue weighted by molar-refractivity contribution is 0.0322. The second-order valence-corrected chi connectivity index (χ2v) is 5.09. The van der Waals surface area contributed by atoms with Crippen molar-refractivity contribution in [2.24, 2.45) is 11.7 Å². The summed E-state index contributed by atoms with van der Waals surface area (Å²) in [5.74, 6) is 0.953. The van der Waals surface area contributed by atoms with Gasteiger partial charge in [0.2, 0.25) is 0 Å². The molecule has 0 aromatic heterocycles. The first-order valence-corrected chi connectivity index (χ1v) is 6.20. The van der Waals surface area contributed by atoms with Crippen LogP contribution in [-0.2, 0) is 0 Å². The van der Waals surface area contributed by atoms with E-state index in [-0.39, 0.29) is 0 Å². The maximum atomic E-state index is 9.99. The zero-order chi connectivity index (χ0) is 11.3. The van der Waals surface area contributed by atoms with Crippen molar-refractivity contribution < 1.29 is 5.11 Å². The number of hydrogen-bond acceptors (Lipinski definition) is 3. The fourth-order valence-corrected chi connectivity index (χ4v) is 1.93. The van der Waals surface area contributed by atoms with E-state index in [1.165, 1.54) is 19.4 Å². The summed E-state index contributed by atoms with van der Waals surface area (Å²) in [6, 6.07) is 0. The normalized spacial score (nSPS) is 20.6. The van der Waals surface area contributed by atoms with Crippen LogP contribution in [0.25, 0.3) is 0 Å². The lowest BCUT2D eigenvalue weighted by atomic mass is 9.95. The van der Waals surface area contributed by atoms with Gasteiger partial charge in [-0.1, -0.05) is 6.92 Å². The monoisotopic (exact) mass is 214 g/mol. The molecule has 0 heterocycles. The highest BCUT2D eigenvalue weighted by Gasteiger charge is 2.24. The Morgan fingerprint density at radius 3 is 2.60 bits per heavy atom. The van der Waals surface area contributed by atoms with Gasteiger partial charge in [-0.2, -0.15) is 0 Å². The summed E-state index contributed by atoms with van der Waals surface area (Å²) in [6.45, 7) is 4.70. The third-order valence-corrected chi connectivity index (χ3v) is 3.49. The molecule has 1 unspecified atom stereocenters. The van der Waals surface area contributed by atoms with Gasteiger partial charge in [-0.05, 0) is 51.6 Å². The van der Waals surface area contributed by atoms with Crippen molar-refractivity contribution in [1.82, 2.24) is 4.90 Å². The van der Waals surface area contributed by atoms with Gasteiger partial charge in [0.05, 0.1) is 5.60 Å². The Bertz CT molecular complexity index is 176. The number of nitrogens with two attached hydrogens (primary N) is 1. The van der Waals surface area contributed by atoms with Crippen LogP contribution in [0.3, 0.4) is 0 Å². The van der Waals surface area contributed by atoms with Crippen molar-refractivity contribution in [2.45, 2.75) is 44.6 Å². The third kappa shape index (κ3) is 4.96. The predicted octanol–water partition coefficient (Wildman–Crippen LogP) is 1.21. The van der Waals surface area contributed by atoms with Crippen LogP contribution in [0.1, 0.15) is 39.0 Å². The minimum atomic E-state index is -0.625. The Kier molecular flexibility index (Phi) is 5.03. The molecule has 0 aromatic carbocycles. The van der Waals surface area contributed by atoms with Crippen LogP contribution in [-0.4, -0.2) is 42.3 Å². The topological polar surface area (TPSA) is 49.5 Å². The summed E-state index contributed by atoms with van der Waals surface area (Å²) in [4.78, 5) is 2.38. The Hall–Kier alpha value is -0.120. The summed E-state index contributed by atoms with van der Waals surface area (Å²) in [5, 5.41) is 9.99. The molecule has 0 radical (unpaired) electrons. The van der Waals surface area contributed by atoms with Gasteiger partial charge >= 0.3 is 0 Å². The zero-order valence-corrected chi connectivity index (χ0v) is 10.2. The van der Waals surface area contributed by atoms with Crippen molar-refractivity contribution in [1.29, 1.82) is 0 Å². The molecule has 1 saturated carbocycles. The van der Waals surface area contributed by atoms with Crippen LogP contribution in [0.5, 0.6) is 0 Å². The highest BCUT2D eigenvalue weighted by molar-refractivity contribution is 4.79. The van der Waals surface area contributed by atoms with Gasteiger partial charge in [-0.3, -0.25) is 0 Å². The molecule has 0 aliphatic heterocycles. The highest BCUT2D eigenvalue weighted by Crippen LogP contribution is 2.29. The smallest absolute Gasteiger partial charge is 0.0767 e. The molecule has 1 aliphatic carbocycles. The first kappa shape index (κ1) is 12.9. The first-order chi connectivity index (χ1) is 7.09. The van der Waals surface area contributed by atoms with Gasteiger partial charge in [0.25, 0.3) is 0 Å². The lowest BCUT2D eigenvalue weighted by Gasteiger charge is -2.26. The van der Waals surface area contributed by atoms with E-state index in [0.29, 0.717) is 6.54 Å². The van der Waals surface area contributed by atoms with E-state index in [2.05, 4.69) is 11.9 Å². The number of hydrogen-bond donors (Lipinski definition) is 2. The second kappa shape index (κ2) is 5.83. The van der Waals surface area contributed by atoms with Crippen LogP contribution in [0.2, 0.25) is 0 Å². The minimum absolute atomic E-state index is 0.385. The van der Waals surface area contributed by atoms with Gasteiger partial charge in [-0.25, -0.2) is 0 Å². The molecule has 15 heavy (non-hydrogen) atoms. The number of nitrogens with zero attached hydrogens (tertiary/aromatic N) is 1. The summed E-state index contributed by atoms with van der Waals surface area (Å²) in [6.07, 6.45) is 5.45. The Balaban J connectivity index is 2.07.